The number of ketones is 1. The van der Waals surface area contributed by atoms with Crippen molar-refractivity contribution < 1.29 is 24.2 Å². The van der Waals surface area contributed by atoms with Gasteiger partial charge in [0.15, 0.2) is 12.1 Å². The van der Waals surface area contributed by atoms with Crippen molar-refractivity contribution in [3.05, 3.63) is 24.3 Å². The average Bonchev–Trinajstić information content (AvgIpc) is 2.58. The Morgan fingerprint density at radius 2 is 2.05 bits per heavy atom. The predicted octanol–water partition coefficient (Wildman–Crippen LogP) is 1.05. The van der Waals surface area contributed by atoms with E-state index in [0.29, 0.717) is 6.42 Å². The van der Waals surface area contributed by atoms with Crippen LogP contribution in [0.5, 0.6) is 0 Å². The molecule has 2 atom stereocenters. The molecule has 2 N–H and O–H groups in total. The molecule has 0 saturated carbocycles. The number of carbonyl (C=O) groups excluding carboxylic acids is 2. The molecule has 2 aliphatic rings. The molecule has 20 heavy (non-hydrogen) atoms. The van der Waals surface area contributed by atoms with Crippen molar-refractivity contribution in [3.8, 4) is 0 Å². The first-order valence-corrected chi connectivity index (χ1v) is 6.47. The van der Waals surface area contributed by atoms with Crippen molar-refractivity contribution in [1.82, 2.24) is 5.32 Å². The van der Waals surface area contributed by atoms with Crippen molar-refractivity contribution in [1.29, 1.82) is 0 Å². The van der Waals surface area contributed by atoms with E-state index in [1.54, 1.807) is 32.9 Å². The van der Waals surface area contributed by atoms with Crippen LogP contribution >= 0.6 is 0 Å². The van der Waals surface area contributed by atoms with Gasteiger partial charge in [0.05, 0.1) is 6.04 Å². The highest BCUT2D eigenvalue weighted by Gasteiger charge is 2.44. The largest absolute Gasteiger partial charge is 0.444 e. The number of nitrogens with one attached hydrogen (secondary N) is 1. The Morgan fingerprint density at radius 3 is 2.60 bits per heavy atom. The van der Waals surface area contributed by atoms with E-state index < -0.39 is 29.6 Å². The third-order valence-electron chi connectivity index (χ3n) is 2.98. The average molecular weight is 281 g/mol. The fourth-order valence-corrected chi connectivity index (χ4v) is 2.15. The molecule has 1 fully saturated rings. The summed E-state index contributed by atoms with van der Waals surface area (Å²) in [4.78, 5) is 22.8. The molecule has 1 saturated heterocycles. The summed E-state index contributed by atoms with van der Waals surface area (Å²) in [5.74, 6) is -0.128. The Bertz CT molecular complexity index is 458. The number of hydrogen-bond donors (Lipinski definition) is 2. The zero-order valence-electron chi connectivity index (χ0n) is 11.8. The lowest BCUT2D eigenvalue weighted by Gasteiger charge is -2.22. The predicted molar refractivity (Wildman–Crippen MR) is 70.9 cm³/mol. The van der Waals surface area contributed by atoms with E-state index >= 15 is 0 Å². The second-order valence-electron chi connectivity index (χ2n) is 5.99. The van der Waals surface area contributed by atoms with Gasteiger partial charge in [0.2, 0.25) is 0 Å². The quantitative estimate of drug-likeness (QED) is 0.750. The molecule has 1 amide bonds. The topological polar surface area (TPSA) is 84.9 Å². The lowest BCUT2D eigenvalue weighted by atomic mass is 9.93. The molecule has 0 bridgehead atoms. The summed E-state index contributed by atoms with van der Waals surface area (Å²) in [5.41, 5.74) is -1.45. The highest BCUT2D eigenvalue weighted by atomic mass is 16.6. The highest BCUT2D eigenvalue weighted by molar-refractivity contribution is 6.00. The summed E-state index contributed by atoms with van der Waals surface area (Å²) >= 11 is 0. The summed E-state index contributed by atoms with van der Waals surface area (Å²) < 4.78 is 10.6. The van der Waals surface area contributed by atoms with Crippen LogP contribution in [0.15, 0.2) is 24.3 Å². The lowest BCUT2D eigenvalue weighted by molar-refractivity contribution is -0.116. The van der Waals surface area contributed by atoms with Crippen LogP contribution in [-0.2, 0) is 14.3 Å². The van der Waals surface area contributed by atoms with Gasteiger partial charge in [-0.15, -0.1) is 0 Å². The number of amides is 1. The number of aliphatic hydroxyl groups excluding tert-OH is 1. The van der Waals surface area contributed by atoms with E-state index in [1.807, 2.05) is 0 Å². The molecular formula is C14H19NO5. The monoisotopic (exact) mass is 281 g/mol. The molecule has 6 nitrogen and oxygen atoms in total. The molecule has 6 heteroatoms. The Balaban J connectivity index is 1.98. The number of rotatable bonds is 1. The minimum Gasteiger partial charge on any atom is -0.444 e. The number of ether oxygens (including phenoxy) is 2. The number of carbonyl (C=O) groups is 2. The molecular weight excluding hydrogens is 262 g/mol. The van der Waals surface area contributed by atoms with Gasteiger partial charge < -0.3 is 19.9 Å². The van der Waals surface area contributed by atoms with Gasteiger partial charge >= 0.3 is 6.09 Å². The molecule has 110 valence electrons. The highest BCUT2D eigenvalue weighted by Crippen LogP contribution is 2.34. The fraction of sp³-hybridized carbons (Fsp3) is 0.571. The van der Waals surface area contributed by atoms with Gasteiger partial charge in [0, 0.05) is 6.42 Å². The Morgan fingerprint density at radius 1 is 1.45 bits per heavy atom. The zero-order chi connectivity index (χ0) is 15.0. The second-order valence-corrected chi connectivity index (χ2v) is 5.99. The minimum atomic E-state index is -1.15. The van der Waals surface area contributed by atoms with Crippen molar-refractivity contribution >= 4 is 11.9 Å². The Kier molecular flexibility index (Phi) is 3.71. The first-order valence-electron chi connectivity index (χ1n) is 6.47. The molecule has 1 unspecified atom stereocenters. The van der Waals surface area contributed by atoms with Crippen LogP contribution < -0.4 is 5.32 Å². The van der Waals surface area contributed by atoms with Crippen LogP contribution in [-0.4, -0.2) is 40.5 Å². The Hall–Kier alpha value is -1.66. The van der Waals surface area contributed by atoms with Gasteiger partial charge in [-0.2, -0.15) is 0 Å². The summed E-state index contributed by atoms with van der Waals surface area (Å²) in [6.45, 7) is 5.27. The summed E-state index contributed by atoms with van der Waals surface area (Å²) in [6.07, 6.45) is 4.55. The standard InChI is InChI=1S/C14H19NO5/c1-13(2,3)20-12(18)15-10-8-14(19-11(10)17)6-4-9(16)5-7-14/h4-7,10-11,17H,8H2,1-3H3,(H,15,18)/t10-,11?/m0/s1. The van der Waals surface area contributed by atoms with Crippen LogP contribution in [0.2, 0.25) is 0 Å². The van der Waals surface area contributed by atoms with Crippen LogP contribution in [0.3, 0.4) is 0 Å². The third kappa shape index (κ3) is 3.46. The lowest BCUT2D eigenvalue weighted by Crippen LogP contribution is -2.43. The second kappa shape index (κ2) is 5.03. The van der Waals surface area contributed by atoms with E-state index in [2.05, 4.69) is 5.32 Å². The van der Waals surface area contributed by atoms with Gasteiger partial charge in [-0.1, -0.05) is 0 Å². The maximum absolute atomic E-state index is 11.7. The molecule has 0 aromatic heterocycles. The smallest absolute Gasteiger partial charge is 0.408 e. The first kappa shape index (κ1) is 14.7. The van der Waals surface area contributed by atoms with Crippen LogP contribution in [0.4, 0.5) is 4.79 Å². The number of allylic oxidation sites excluding steroid dienone is 2. The van der Waals surface area contributed by atoms with Crippen molar-refractivity contribution in [3.63, 3.8) is 0 Å². The molecule has 0 aromatic rings. The van der Waals surface area contributed by atoms with Gasteiger partial charge in [-0.05, 0) is 45.1 Å². The van der Waals surface area contributed by atoms with Crippen molar-refractivity contribution in [2.45, 2.75) is 50.7 Å². The molecule has 1 spiro atoms. The molecule has 1 aliphatic heterocycles. The number of alkyl carbamates (subject to hydrolysis) is 1. The van der Waals surface area contributed by atoms with Gasteiger partial charge in [0.1, 0.15) is 11.2 Å². The summed E-state index contributed by atoms with van der Waals surface area (Å²) in [6, 6.07) is -0.590. The SMILES string of the molecule is CC(C)(C)OC(=O)N[C@H]1CC2(C=CC(=O)C=C2)OC1O. The maximum atomic E-state index is 11.7. The molecule has 0 radical (unpaired) electrons. The molecule has 2 rings (SSSR count). The third-order valence-corrected chi connectivity index (χ3v) is 2.98. The Labute approximate surface area is 117 Å². The summed E-state index contributed by atoms with van der Waals surface area (Å²) in [5, 5.41) is 12.5. The van der Waals surface area contributed by atoms with E-state index in [-0.39, 0.29) is 5.78 Å². The maximum Gasteiger partial charge on any atom is 0.408 e. The zero-order valence-corrected chi connectivity index (χ0v) is 11.8. The van der Waals surface area contributed by atoms with E-state index in [4.69, 9.17) is 9.47 Å². The van der Waals surface area contributed by atoms with Crippen LogP contribution in [0, 0.1) is 0 Å². The van der Waals surface area contributed by atoms with Crippen LogP contribution in [0.1, 0.15) is 27.2 Å². The fourth-order valence-electron chi connectivity index (χ4n) is 2.15. The van der Waals surface area contributed by atoms with Crippen molar-refractivity contribution in [2.24, 2.45) is 0 Å². The molecule has 1 aliphatic carbocycles. The first-order chi connectivity index (χ1) is 9.19. The van der Waals surface area contributed by atoms with Gasteiger partial charge in [0.25, 0.3) is 0 Å². The van der Waals surface area contributed by atoms with E-state index in [1.165, 1.54) is 12.2 Å². The van der Waals surface area contributed by atoms with Gasteiger partial charge in [-0.25, -0.2) is 4.79 Å². The number of aliphatic hydroxyl groups is 1. The van der Waals surface area contributed by atoms with Crippen LogP contribution in [0.25, 0.3) is 0 Å². The van der Waals surface area contributed by atoms with E-state index in [0.717, 1.165) is 0 Å². The normalized spacial score (nSPS) is 27.9. The minimum absolute atomic E-state index is 0.128. The molecule has 1 heterocycles. The number of hydrogen-bond acceptors (Lipinski definition) is 5. The molecule has 0 aromatic carbocycles. The summed E-state index contributed by atoms with van der Waals surface area (Å²) in [7, 11) is 0. The van der Waals surface area contributed by atoms with E-state index in [9.17, 15) is 14.7 Å². The van der Waals surface area contributed by atoms with Crippen molar-refractivity contribution in [2.75, 3.05) is 0 Å². The van der Waals surface area contributed by atoms with Gasteiger partial charge in [-0.3, -0.25) is 4.79 Å².